The highest BCUT2D eigenvalue weighted by atomic mass is 35.5. The van der Waals surface area contributed by atoms with E-state index in [2.05, 4.69) is 20.5 Å². The van der Waals surface area contributed by atoms with Gasteiger partial charge in [0.05, 0.1) is 5.69 Å². The van der Waals surface area contributed by atoms with Gasteiger partial charge in [-0.3, -0.25) is 9.36 Å². The molecule has 150 valence electrons. The number of amides is 1. The number of ether oxygens (including phenoxy) is 1. The van der Waals surface area contributed by atoms with Crippen LogP contribution in [0.25, 0.3) is 5.82 Å². The van der Waals surface area contributed by atoms with Crippen molar-refractivity contribution in [2.45, 2.75) is 13.8 Å². The number of carbonyl (C=O) groups is 1. The van der Waals surface area contributed by atoms with E-state index < -0.39 is 0 Å². The lowest BCUT2D eigenvalue weighted by Crippen LogP contribution is -2.11. The van der Waals surface area contributed by atoms with E-state index in [1.807, 2.05) is 24.5 Å². The van der Waals surface area contributed by atoms with Crippen LogP contribution < -0.4 is 10.1 Å². The van der Waals surface area contributed by atoms with E-state index in [0.717, 1.165) is 11.4 Å². The molecule has 0 radical (unpaired) electrons. The molecule has 0 atom stereocenters. The fraction of sp³-hybridized carbons (Fsp3) is 0.0909. The molecule has 0 aliphatic heterocycles. The average molecular weight is 420 g/mol. The molecule has 0 aliphatic carbocycles. The minimum atomic E-state index is -0.216. The molecule has 0 fully saturated rings. The zero-order valence-electron chi connectivity index (χ0n) is 16.3. The zero-order chi connectivity index (χ0) is 21.1. The Bertz CT molecular complexity index is 1170. The van der Waals surface area contributed by atoms with Crippen LogP contribution in [0.15, 0.2) is 67.0 Å². The smallest absolute Gasteiger partial charge is 0.255 e. The number of hydrogen-bond acceptors (Lipinski definition) is 5. The average Bonchev–Trinajstić information content (AvgIpc) is 3.09. The number of nitrogens with one attached hydrogen (secondary N) is 1. The van der Waals surface area contributed by atoms with Crippen molar-refractivity contribution < 1.29 is 9.53 Å². The summed E-state index contributed by atoms with van der Waals surface area (Å²) >= 11 is 5.85. The molecule has 2 aromatic heterocycles. The van der Waals surface area contributed by atoms with Crippen molar-refractivity contribution >= 4 is 23.2 Å². The third-order valence-corrected chi connectivity index (χ3v) is 4.82. The lowest BCUT2D eigenvalue weighted by atomic mass is 10.2. The molecule has 7 nitrogen and oxygen atoms in total. The Morgan fingerprint density at radius 2 is 1.70 bits per heavy atom. The van der Waals surface area contributed by atoms with Gasteiger partial charge in [-0.25, -0.2) is 4.98 Å². The van der Waals surface area contributed by atoms with Gasteiger partial charge in [-0.15, -0.1) is 10.2 Å². The first-order valence-corrected chi connectivity index (χ1v) is 9.57. The number of aryl methyl sites for hydroxylation is 1. The molecule has 0 unspecified atom stereocenters. The molecule has 8 heteroatoms. The molecular formula is C22H18ClN5O2. The summed E-state index contributed by atoms with van der Waals surface area (Å²) in [5, 5.41) is 11.7. The van der Waals surface area contributed by atoms with Crippen LogP contribution in [0, 0.1) is 13.8 Å². The van der Waals surface area contributed by atoms with Gasteiger partial charge >= 0.3 is 0 Å². The number of halogens is 1. The van der Waals surface area contributed by atoms with Gasteiger partial charge in [-0.05, 0) is 68.4 Å². The quantitative estimate of drug-likeness (QED) is 0.493. The van der Waals surface area contributed by atoms with Gasteiger partial charge in [0.1, 0.15) is 12.1 Å². The SMILES string of the molecule is Cc1ncn(-c2ccc(Oc3ccc(NC(=O)c4ccc(Cl)cc4)cc3)nn2)c1C. The van der Waals surface area contributed by atoms with Gasteiger partial charge in [0.25, 0.3) is 5.91 Å². The van der Waals surface area contributed by atoms with Crippen LogP contribution in [0.3, 0.4) is 0 Å². The molecule has 0 saturated carbocycles. The number of aromatic nitrogens is 4. The highest BCUT2D eigenvalue weighted by Crippen LogP contribution is 2.22. The van der Waals surface area contributed by atoms with Gasteiger partial charge in [0.2, 0.25) is 5.88 Å². The van der Waals surface area contributed by atoms with Gasteiger partial charge in [-0.2, -0.15) is 0 Å². The largest absolute Gasteiger partial charge is 0.438 e. The summed E-state index contributed by atoms with van der Waals surface area (Å²) in [6, 6.07) is 17.3. The fourth-order valence-electron chi connectivity index (χ4n) is 2.76. The highest BCUT2D eigenvalue weighted by molar-refractivity contribution is 6.30. The molecular weight excluding hydrogens is 402 g/mol. The number of imidazole rings is 1. The van der Waals surface area contributed by atoms with Gasteiger partial charge in [-0.1, -0.05) is 11.6 Å². The predicted molar refractivity (Wildman–Crippen MR) is 115 cm³/mol. The second kappa shape index (κ2) is 8.34. The van der Waals surface area contributed by atoms with Crippen LogP contribution >= 0.6 is 11.6 Å². The summed E-state index contributed by atoms with van der Waals surface area (Å²) in [5.41, 5.74) is 3.13. The topological polar surface area (TPSA) is 81.9 Å². The number of benzene rings is 2. The zero-order valence-corrected chi connectivity index (χ0v) is 17.1. The standard InChI is InChI=1S/C22H18ClN5O2/c1-14-15(2)28(13-24-14)20-11-12-21(27-26-20)30-19-9-7-18(8-10-19)25-22(29)16-3-5-17(23)6-4-16/h3-13H,1-2H3,(H,25,29). The second-order valence-electron chi connectivity index (χ2n) is 6.60. The number of anilines is 1. The van der Waals surface area contributed by atoms with Gasteiger partial charge < -0.3 is 10.1 Å². The molecule has 4 rings (SSSR count). The predicted octanol–water partition coefficient (Wildman–Crippen LogP) is 4.98. The van der Waals surface area contributed by atoms with E-state index in [1.54, 1.807) is 60.9 Å². The van der Waals surface area contributed by atoms with Crippen molar-refractivity contribution in [2.24, 2.45) is 0 Å². The monoisotopic (exact) mass is 419 g/mol. The molecule has 1 N–H and O–H groups in total. The second-order valence-corrected chi connectivity index (χ2v) is 7.04. The van der Waals surface area contributed by atoms with Crippen LogP contribution in [-0.2, 0) is 0 Å². The summed E-state index contributed by atoms with van der Waals surface area (Å²) in [4.78, 5) is 16.5. The summed E-state index contributed by atoms with van der Waals surface area (Å²) in [6.07, 6.45) is 1.71. The molecule has 2 aromatic carbocycles. The molecule has 0 spiro atoms. The summed E-state index contributed by atoms with van der Waals surface area (Å²) in [5.74, 6) is 1.40. The third kappa shape index (κ3) is 4.31. The minimum absolute atomic E-state index is 0.216. The van der Waals surface area contributed by atoms with Gasteiger partial charge in [0.15, 0.2) is 5.82 Å². The Kier molecular flexibility index (Phi) is 5.45. The van der Waals surface area contributed by atoms with E-state index in [4.69, 9.17) is 16.3 Å². The lowest BCUT2D eigenvalue weighted by Gasteiger charge is -2.08. The molecule has 0 bridgehead atoms. The van der Waals surface area contributed by atoms with Crippen molar-refractivity contribution in [2.75, 3.05) is 5.32 Å². The Morgan fingerprint density at radius 1 is 0.967 bits per heavy atom. The Morgan fingerprint density at radius 3 is 2.30 bits per heavy atom. The summed E-state index contributed by atoms with van der Waals surface area (Å²) in [6.45, 7) is 3.92. The lowest BCUT2D eigenvalue weighted by molar-refractivity contribution is 0.102. The van der Waals surface area contributed by atoms with E-state index >= 15 is 0 Å². The van der Waals surface area contributed by atoms with E-state index in [1.165, 1.54) is 0 Å². The minimum Gasteiger partial charge on any atom is -0.438 e. The van der Waals surface area contributed by atoms with E-state index in [-0.39, 0.29) is 5.91 Å². The molecule has 4 aromatic rings. The maximum absolute atomic E-state index is 12.3. The van der Waals surface area contributed by atoms with E-state index in [0.29, 0.717) is 33.7 Å². The maximum atomic E-state index is 12.3. The normalized spacial score (nSPS) is 10.6. The molecule has 2 heterocycles. The highest BCUT2D eigenvalue weighted by Gasteiger charge is 2.08. The van der Waals surface area contributed by atoms with Crippen LogP contribution in [0.4, 0.5) is 5.69 Å². The maximum Gasteiger partial charge on any atom is 0.255 e. The van der Waals surface area contributed by atoms with E-state index in [9.17, 15) is 4.79 Å². The van der Waals surface area contributed by atoms with Crippen LogP contribution in [-0.4, -0.2) is 25.7 Å². The number of carbonyl (C=O) groups excluding carboxylic acids is 1. The van der Waals surface area contributed by atoms with Crippen LogP contribution in [0.1, 0.15) is 21.7 Å². The van der Waals surface area contributed by atoms with Crippen LogP contribution in [0.5, 0.6) is 11.6 Å². The summed E-state index contributed by atoms with van der Waals surface area (Å²) in [7, 11) is 0. The van der Waals surface area contributed by atoms with Gasteiger partial charge in [0, 0.05) is 28.0 Å². The first kappa shape index (κ1) is 19.6. The molecule has 0 saturated heterocycles. The number of nitrogens with zero attached hydrogens (tertiary/aromatic N) is 4. The first-order valence-electron chi connectivity index (χ1n) is 9.19. The summed E-state index contributed by atoms with van der Waals surface area (Å²) < 4.78 is 7.60. The molecule has 30 heavy (non-hydrogen) atoms. The molecule has 1 amide bonds. The van der Waals surface area contributed by atoms with Crippen molar-refractivity contribution in [1.29, 1.82) is 0 Å². The first-order chi connectivity index (χ1) is 14.5. The number of hydrogen-bond donors (Lipinski definition) is 1. The Labute approximate surface area is 178 Å². The van der Waals surface area contributed by atoms with Crippen molar-refractivity contribution in [3.8, 4) is 17.4 Å². The van der Waals surface area contributed by atoms with Crippen LogP contribution in [0.2, 0.25) is 5.02 Å². The van der Waals surface area contributed by atoms with Crippen molar-refractivity contribution in [3.63, 3.8) is 0 Å². The Balaban J connectivity index is 1.40. The number of rotatable bonds is 5. The van der Waals surface area contributed by atoms with Crippen molar-refractivity contribution in [3.05, 3.63) is 89.0 Å². The molecule has 0 aliphatic rings. The third-order valence-electron chi connectivity index (χ3n) is 4.57. The fourth-order valence-corrected chi connectivity index (χ4v) is 2.88. The Hall–Kier alpha value is -3.71. The van der Waals surface area contributed by atoms with Crippen molar-refractivity contribution in [1.82, 2.24) is 19.7 Å².